The molecule has 1 atom stereocenters. The van der Waals surface area contributed by atoms with E-state index in [2.05, 4.69) is 0 Å². The zero-order valence-corrected chi connectivity index (χ0v) is 19.8. The van der Waals surface area contributed by atoms with Gasteiger partial charge in [0.25, 0.3) is 11.7 Å². The first-order valence-corrected chi connectivity index (χ1v) is 10.8. The molecule has 0 aliphatic carbocycles. The third-order valence-corrected chi connectivity index (χ3v) is 6.01. The molecule has 7 nitrogen and oxygen atoms in total. The highest BCUT2D eigenvalue weighted by Crippen LogP contribution is 2.44. The predicted octanol–water partition coefficient (Wildman–Crippen LogP) is 5.13. The fourth-order valence-corrected chi connectivity index (χ4v) is 4.15. The first kappa shape index (κ1) is 24.1. The zero-order chi connectivity index (χ0) is 25.3. The third-order valence-electron chi connectivity index (χ3n) is 5.72. The maximum Gasteiger partial charge on any atom is 0.300 e. The number of nitrogens with zero attached hydrogens (tertiary/aromatic N) is 1. The van der Waals surface area contributed by atoms with Gasteiger partial charge in [-0.2, -0.15) is 0 Å². The lowest BCUT2D eigenvalue weighted by atomic mass is 9.94. The molecule has 1 aliphatic heterocycles. The van der Waals surface area contributed by atoms with Gasteiger partial charge in [-0.05, 0) is 54.1 Å². The van der Waals surface area contributed by atoms with Crippen LogP contribution >= 0.6 is 11.6 Å². The second-order valence-corrected chi connectivity index (χ2v) is 8.01. The monoisotopic (exact) mass is 497 g/mol. The van der Waals surface area contributed by atoms with Crippen LogP contribution in [0.15, 0.2) is 66.2 Å². The van der Waals surface area contributed by atoms with Gasteiger partial charge in [0.1, 0.15) is 28.8 Å². The molecule has 4 rings (SSSR count). The van der Waals surface area contributed by atoms with Crippen LogP contribution in [0.2, 0.25) is 5.02 Å². The number of ketones is 1. The number of benzene rings is 3. The Morgan fingerprint density at radius 2 is 1.57 bits per heavy atom. The van der Waals surface area contributed by atoms with E-state index in [0.717, 1.165) is 6.07 Å². The highest BCUT2D eigenvalue weighted by molar-refractivity contribution is 6.51. The van der Waals surface area contributed by atoms with E-state index >= 15 is 0 Å². The number of rotatable bonds is 6. The van der Waals surface area contributed by atoms with Gasteiger partial charge < -0.3 is 19.3 Å². The van der Waals surface area contributed by atoms with Crippen LogP contribution in [-0.2, 0) is 9.59 Å². The van der Waals surface area contributed by atoms with Crippen LogP contribution in [-0.4, -0.2) is 38.1 Å². The Balaban J connectivity index is 1.98. The number of carbonyl (C=O) groups is 2. The number of hydrogen-bond acceptors (Lipinski definition) is 6. The van der Waals surface area contributed by atoms with Crippen LogP contribution in [0.3, 0.4) is 0 Å². The molecule has 1 N–H and O–H groups in total. The largest absolute Gasteiger partial charge is 0.507 e. The van der Waals surface area contributed by atoms with Gasteiger partial charge in [-0.3, -0.25) is 14.5 Å². The molecule has 35 heavy (non-hydrogen) atoms. The Hall–Kier alpha value is -4.04. The Morgan fingerprint density at radius 3 is 2.17 bits per heavy atom. The maximum atomic E-state index is 13.9. The summed E-state index contributed by atoms with van der Waals surface area (Å²) in [6.07, 6.45) is 0. The van der Waals surface area contributed by atoms with Gasteiger partial charge in [-0.25, -0.2) is 4.39 Å². The number of methoxy groups -OCH3 is 3. The second-order valence-electron chi connectivity index (χ2n) is 7.61. The van der Waals surface area contributed by atoms with E-state index in [1.807, 2.05) is 0 Å². The number of anilines is 1. The van der Waals surface area contributed by atoms with Crippen molar-refractivity contribution in [1.82, 2.24) is 0 Å². The first-order valence-electron chi connectivity index (χ1n) is 10.4. The van der Waals surface area contributed by atoms with Gasteiger partial charge in [-0.15, -0.1) is 0 Å². The molecule has 1 saturated heterocycles. The molecule has 0 spiro atoms. The highest BCUT2D eigenvalue weighted by Gasteiger charge is 2.47. The molecule has 1 fully saturated rings. The molecular formula is C26H21ClFNO6. The lowest BCUT2D eigenvalue weighted by Gasteiger charge is -2.26. The van der Waals surface area contributed by atoms with Crippen molar-refractivity contribution in [3.63, 3.8) is 0 Å². The van der Waals surface area contributed by atoms with Gasteiger partial charge >= 0.3 is 0 Å². The lowest BCUT2D eigenvalue weighted by molar-refractivity contribution is -0.132. The molecular weight excluding hydrogens is 477 g/mol. The molecule has 1 heterocycles. The van der Waals surface area contributed by atoms with Gasteiger partial charge in [0.05, 0.1) is 43.5 Å². The topological polar surface area (TPSA) is 85.3 Å². The van der Waals surface area contributed by atoms with Crippen molar-refractivity contribution in [2.45, 2.75) is 6.04 Å². The van der Waals surface area contributed by atoms with Crippen molar-refractivity contribution in [3.8, 4) is 17.2 Å². The number of amides is 1. The van der Waals surface area contributed by atoms with Crippen molar-refractivity contribution in [2.75, 3.05) is 26.2 Å². The fourth-order valence-electron chi connectivity index (χ4n) is 3.98. The van der Waals surface area contributed by atoms with E-state index < -0.39 is 29.3 Å². The van der Waals surface area contributed by atoms with E-state index in [-0.39, 0.29) is 27.6 Å². The Morgan fingerprint density at radius 1 is 0.914 bits per heavy atom. The summed E-state index contributed by atoms with van der Waals surface area (Å²) in [6, 6.07) is 14.0. The summed E-state index contributed by atoms with van der Waals surface area (Å²) in [4.78, 5) is 27.7. The van der Waals surface area contributed by atoms with Crippen LogP contribution in [0, 0.1) is 5.82 Å². The van der Waals surface area contributed by atoms with E-state index in [1.165, 1.54) is 44.4 Å². The van der Waals surface area contributed by atoms with Crippen LogP contribution in [0.4, 0.5) is 10.1 Å². The molecule has 1 aliphatic rings. The number of halogens is 2. The lowest BCUT2D eigenvalue weighted by Crippen LogP contribution is -2.29. The van der Waals surface area contributed by atoms with E-state index in [0.29, 0.717) is 17.1 Å². The Kier molecular flexibility index (Phi) is 6.66. The number of Topliss-reactive ketones (excluding diaryl/α,β-unsaturated/α-hetero) is 1. The van der Waals surface area contributed by atoms with Crippen molar-refractivity contribution < 1.29 is 33.3 Å². The molecule has 3 aromatic rings. The summed E-state index contributed by atoms with van der Waals surface area (Å²) in [5, 5.41) is 11.2. The molecule has 0 radical (unpaired) electrons. The smallest absolute Gasteiger partial charge is 0.300 e. The van der Waals surface area contributed by atoms with Crippen LogP contribution < -0.4 is 19.1 Å². The summed E-state index contributed by atoms with van der Waals surface area (Å²) in [5.41, 5.74) is 0.692. The second kappa shape index (κ2) is 9.68. The highest BCUT2D eigenvalue weighted by atomic mass is 35.5. The van der Waals surface area contributed by atoms with Gasteiger partial charge in [0, 0.05) is 5.69 Å². The van der Waals surface area contributed by atoms with E-state index in [1.54, 1.807) is 36.4 Å². The van der Waals surface area contributed by atoms with Gasteiger partial charge in [-0.1, -0.05) is 23.7 Å². The minimum atomic E-state index is -1.04. The number of ether oxygens (including phenoxy) is 3. The zero-order valence-electron chi connectivity index (χ0n) is 19.0. The summed E-state index contributed by atoms with van der Waals surface area (Å²) >= 11 is 5.97. The average molecular weight is 498 g/mol. The summed E-state index contributed by atoms with van der Waals surface area (Å²) < 4.78 is 29.7. The van der Waals surface area contributed by atoms with Crippen LogP contribution in [0.1, 0.15) is 17.2 Å². The fraction of sp³-hybridized carbons (Fsp3) is 0.154. The molecule has 0 bridgehead atoms. The molecule has 1 unspecified atom stereocenters. The summed E-state index contributed by atoms with van der Waals surface area (Å²) in [5.74, 6) is -1.71. The Labute approximate surface area is 205 Å². The maximum absolute atomic E-state index is 13.9. The predicted molar refractivity (Wildman–Crippen MR) is 129 cm³/mol. The minimum absolute atomic E-state index is 0.167. The number of carbonyl (C=O) groups excluding carboxylic acids is 2. The minimum Gasteiger partial charge on any atom is -0.507 e. The normalized spacial score (nSPS) is 16.9. The summed E-state index contributed by atoms with van der Waals surface area (Å²) in [7, 11) is 4.38. The van der Waals surface area contributed by atoms with Crippen molar-refractivity contribution in [3.05, 3.63) is 88.2 Å². The standard InChI is InChI=1S/C26H21ClFNO6/c1-33-16-7-4-14(5-8-16)23-22(24(30)18-13-17(34-2)9-11-21(18)35-3)25(31)26(32)29(23)15-6-10-20(28)19(27)12-15/h4-13,23,30H,1-3H3/b24-22+. The number of aliphatic hydroxyl groups excluding tert-OH is 1. The van der Waals surface area contributed by atoms with Crippen LogP contribution in [0.5, 0.6) is 17.2 Å². The van der Waals surface area contributed by atoms with Gasteiger partial charge in [0.2, 0.25) is 0 Å². The molecule has 1 amide bonds. The van der Waals surface area contributed by atoms with E-state index in [4.69, 9.17) is 25.8 Å². The van der Waals surface area contributed by atoms with Crippen molar-refractivity contribution >= 4 is 34.7 Å². The summed E-state index contributed by atoms with van der Waals surface area (Å²) in [6.45, 7) is 0. The number of aliphatic hydroxyl groups is 1. The number of hydrogen-bond donors (Lipinski definition) is 1. The van der Waals surface area contributed by atoms with Crippen LogP contribution in [0.25, 0.3) is 5.76 Å². The molecule has 0 aromatic heterocycles. The van der Waals surface area contributed by atoms with Crippen molar-refractivity contribution in [1.29, 1.82) is 0 Å². The molecule has 180 valence electrons. The quantitative estimate of drug-likeness (QED) is 0.289. The van der Waals surface area contributed by atoms with Crippen molar-refractivity contribution in [2.24, 2.45) is 0 Å². The third kappa shape index (κ3) is 4.28. The molecule has 3 aromatic carbocycles. The SMILES string of the molecule is COc1ccc(C2/C(=C(\O)c3cc(OC)ccc3OC)C(=O)C(=O)N2c2ccc(F)c(Cl)c2)cc1. The van der Waals surface area contributed by atoms with Gasteiger partial charge in [0.15, 0.2) is 0 Å². The Bertz CT molecular complexity index is 1340. The average Bonchev–Trinajstić information content (AvgIpc) is 3.15. The van der Waals surface area contributed by atoms with E-state index in [9.17, 15) is 19.1 Å². The molecule has 0 saturated carbocycles. The molecule has 9 heteroatoms. The first-order chi connectivity index (χ1) is 16.8.